The SMILES string of the molecule is CCOC(=O)NNC(=O)c1cc2c(C)nn(-c3ccccc3Cl)c2s1. The highest BCUT2D eigenvalue weighted by Crippen LogP contribution is 2.32. The standard InChI is InChI=1S/C16H15ClN4O3S/c1-3-24-16(23)19-18-14(22)13-8-10-9(2)20-21(15(10)25-13)12-7-5-4-6-11(12)17/h4-8H,3H2,1-2H3,(H,18,22)(H,19,23). The van der Waals surface area contributed by atoms with E-state index in [4.69, 9.17) is 16.3 Å². The Morgan fingerprint density at radius 2 is 2.08 bits per heavy atom. The molecule has 130 valence electrons. The van der Waals surface area contributed by atoms with Crippen LogP contribution in [0.3, 0.4) is 0 Å². The van der Waals surface area contributed by atoms with E-state index in [0.29, 0.717) is 9.90 Å². The van der Waals surface area contributed by atoms with Gasteiger partial charge in [-0.25, -0.2) is 14.9 Å². The van der Waals surface area contributed by atoms with Crippen LogP contribution >= 0.6 is 22.9 Å². The zero-order valence-electron chi connectivity index (χ0n) is 13.5. The van der Waals surface area contributed by atoms with Crippen LogP contribution in [0, 0.1) is 6.92 Å². The largest absolute Gasteiger partial charge is 0.449 e. The summed E-state index contributed by atoms with van der Waals surface area (Å²) in [6.45, 7) is 3.76. The predicted molar refractivity (Wildman–Crippen MR) is 96.3 cm³/mol. The first-order valence-electron chi connectivity index (χ1n) is 7.48. The normalized spacial score (nSPS) is 10.7. The predicted octanol–water partition coefficient (Wildman–Crippen LogP) is 3.44. The number of benzene rings is 1. The fraction of sp³-hybridized carbons (Fsp3) is 0.188. The Hall–Kier alpha value is -2.58. The van der Waals surface area contributed by atoms with Crippen molar-refractivity contribution in [2.45, 2.75) is 13.8 Å². The van der Waals surface area contributed by atoms with Crippen molar-refractivity contribution in [1.82, 2.24) is 20.6 Å². The molecule has 0 saturated carbocycles. The number of hydrogen-bond acceptors (Lipinski definition) is 5. The highest BCUT2D eigenvalue weighted by Gasteiger charge is 2.18. The van der Waals surface area contributed by atoms with Crippen molar-refractivity contribution in [2.24, 2.45) is 0 Å². The minimum absolute atomic E-state index is 0.220. The molecule has 25 heavy (non-hydrogen) atoms. The third-order valence-corrected chi connectivity index (χ3v) is 4.83. The van der Waals surface area contributed by atoms with Crippen molar-refractivity contribution in [3.8, 4) is 5.69 Å². The Balaban J connectivity index is 1.90. The lowest BCUT2D eigenvalue weighted by Gasteiger charge is -2.06. The molecule has 0 bridgehead atoms. The Bertz CT molecular complexity index is 950. The molecule has 2 heterocycles. The topological polar surface area (TPSA) is 85.2 Å². The molecule has 2 N–H and O–H groups in total. The molecule has 9 heteroatoms. The van der Waals surface area contributed by atoms with Gasteiger partial charge in [-0.3, -0.25) is 10.2 Å². The second kappa shape index (κ2) is 7.12. The minimum Gasteiger partial charge on any atom is -0.449 e. The number of halogens is 1. The molecule has 0 aliphatic heterocycles. The Morgan fingerprint density at radius 3 is 2.80 bits per heavy atom. The van der Waals surface area contributed by atoms with Crippen LogP contribution in [0.15, 0.2) is 30.3 Å². The van der Waals surface area contributed by atoms with E-state index < -0.39 is 12.0 Å². The van der Waals surface area contributed by atoms with E-state index in [9.17, 15) is 9.59 Å². The molecular formula is C16H15ClN4O3S. The molecule has 3 aromatic rings. The number of rotatable bonds is 3. The van der Waals surface area contributed by atoms with Gasteiger partial charge in [-0.2, -0.15) is 5.10 Å². The maximum atomic E-state index is 12.2. The van der Waals surface area contributed by atoms with Crippen molar-refractivity contribution in [3.63, 3.8) is 0 Å². The smallest absolute Gasteiger partial charge is 0.426 e. The summed E-state index contributed by atoms with van der Waals surface area (Å²) in [6, 6.07) is 9.08. The van der Waals surface area contributed by atoms with Crippen molar-refractivity contribution < 1.29 is 14.3 Å². The van der Waals surface area contributed by atoms with Crippen LogP contribution in [0.4, 0.5) is 4.79 Å². The van der Waals surface area contributed by atoms with Gasteiger partial charge in [0.1, 0.15) is 4.83 Å². The van der Waals surface area contributed by atoms with E-state index in [1.165, 1.54) is 11.3 Å². The summed E-state index contributed by atoms with van der Waals surface area (Å²) < 4.78 is 6.41. The molecular weight excluding hydrogens is 364 g/mol. The first-order chi connectivity index (χ1) is 12.0. The van der Waals surface area contributed by atoms with E-state index in [2.05, 4.69) is 16.0 Å². The summed E-state index contributed by atoms with van der Waals surface area (Å²) in [7, 11) is 0. The minimum atomic E-state index is -0.713. The maximum Gasteiger partial charge on any atom is 0.426 e. The molecule has 2 amide bonds. The van der Waals surface area contributed by atoms with Crippen molar-refractivity contribution in [2.75, 3.05) is 6.61 Å². The van der Waals surface area contributed by atoms with Crippen molar-refractivity contribution in [3.05, 3.63) is 45.9 Å². The third kappa shape index (κ3) is 3.45. The van der Waals surface area contributed by atoms with E-state index in [1.54, 1.807) is 23.7 Å². The lowest BCUT2D eigenvalue weighted by molar-refractivity contribution is 0.0916. The Morgan fingerprint density at radius 1 is 1.32 bits per heavy atom. The first kappa shape index (κ1) is 17.2. The van der Waals surface area contributed by atoms with Gasteiger partial charge in [0.25, 0.3) is 5.91 Å². The monoisotopic (exact) mass is 378 g/mol. The molecule has 3 rings (SSSR count). The van der Waals surface area contributed by atoms with E-state index in [1.807, 2.05) is 25.1 Å². The second-order valence-corrected chi connectivity index (χ2v) is 6.52. The molecule has 0 aliphatic rings. The zero-order chi connectivity index (χ0) is 18.0. The lowest BCUT2D eigenvalue weighted by Crippen LogP contribution is -2.41. The molecule has 0 atom stereocenters. The molecule has 0 saturated heterocycles. The summed E-state index contributed by atoms with van der Waals surface area (Å²) in [5.74, 6) is -0.431. The van der Waals surface area contributed by atoms with Gasteiger partial charge in [-0.15, -0.1) is 11.3 Å². The summed E-state index contributed by atoms with van der Waals surface area (Å²) >= 11 is 7.51. The fourth-order valence-corrected chi connectivity index (χ4v) is 3.57. The fourth-order valence-electron chi connectivity index (χ4n) is 2.28. The van der Waals surface area contributed by atoms with Gasteiger partial charge in [0, 0.05) is 5.39 Å². The van der Waals surface area contributed by atoms with Gasteiger partial charge in [0.05, 0.1) is 27.9 Å². The number of fused-ring (bicyclic) bond motifs is 1. The number of aryl methyl sites for hydroxylation is 1. The number of nitrogens with zero attached hydrogens (tertiary/aromatic N) is 2. The third-order valence-electron chi connectivity index (χ3n) is 3.40. The molecule has 0 aliphatic carbocycles. The molecule has 2 aromatic heterocycles. The van der Waals surface area contributed by atoms with Crippen LogP contribution in [0.25, 0.3) is 15.9 Å². The van der Waals surface area contributed by atoms with Crippen molar-refractivity contribution in [1.29, 1.82) is 0 Å². The van der Waals surface area contributed by atoms with Crippen molar-refractivity contribution >= 4 is 45.2 Å². The number of thiophene rings is 1. The van der Waals surface area contributed by atoms with Gasteiger partial charge in [0.2, 0.25) is 0 Å². The first-order valence-corrected chi connectivity index (χ1v) is 8.68. The average Bonchev–Trinajstić information content (AvgIpc) is 3.15. The van der Waals surface area contributed by atoms with Gasteiger partial charge in [0.15, 0.2) is 0 Å². The molecule has 0 unspecified atom stereocenters. The highest BCUT2D eigenvalue weighted by molar-refractivity contribution is 7.20. The van der Waals surface area contributed by atoms with Crippen LogP contribution in [0.1, 0.15) is 22.3 Å². The summed E-state index contributed by atoms with van der Waals surface area (Å²) in [5, 5.41) is 5.92. The maximum absolute atomic E-state index is 12.2. The summed E-state index contributed by atoms with van der Waals surface area (Å²) in [6.07, 6.45) is -0.713. The Kier molecular flexibility index (Phi) is 4.91. The Labute approximate surface area is 152 Å². The molecule has 7 nitrogen and oxygen atoms in total. The van der Waals surface area contributed by atoms with Gasteiger partial charge < -0.3 is 4.74 Å². The van der Waals surface area contributed by atoms with Gasteiger partial charge >= 0.3 is 6.09 Å². The number of aromatic nitrogens is 2. The van der Waals surface area contributed by atoms with E-state index >= 15 is 0 Å². The second-order valence-electron chi connectivity index (χ2n) is 5.08. The number of nitrogens with one attached hydrogen (secondary N) is 2. The molecule has 0 spiro atoms. The van der Waals surface area contributed by atoms with Crippen LogP contribution in [-0.2, 0) is 4.74 Å². The number of amides is 2. The van der Waals surface area contributed by atoms with Crippen LogP contribution in [-0.4, -0.2) is 28.4 Å². The number of hydrazine groups is 1. The van der Waals surface area contributed by atoms with Crippen LogP contribution in [0.2, 0.25) is 5.02 Å². The van der Waals surface area contributed by atoms with E-state index in [-0.39, 0.29) is 6.61 Å². The zero-order valence-corrected chi connectivity index (χ0v) is 15.1. The lowest BCUT2D eigenvalue weighted by atomic mass is 10.3. The quantitative estimate of drug-likeness (QED) is 0.683. The van der Waals surface area contributed by atoms with Gasteiger partial charge in [-0.1, -0.05) is 23.7 Å². The van der Waals surface area contributed by atoms with E-state index in [0.717, 1.165) is 21.6 Å². The number of carbonyl (C=O) groups excluding carboxylic acids is 2. The molecule has 0 fully saturated rings. The van der Waals surface area contributed by atoms with Crippen LogP contribution < -0.4 is 10.9 Å². The summed E-state index contributed by atoms with van der Waals surface area (Å²) in [5.41, 5.74) is 6.02. The summed E-state index contributed by atoms with van der Waals surface area (Å²) in [4.78, 5) is 24.7. The number of ether oxygens (including phenoxy) is 1. The number of carbonyl (C=O) groups is 2. The number of hydrogen-bond donors (Lipinski definition) is 2. The molecule has 0 radical (unpaired) electrons. The number of para-hydroxylation sites is 1. The average molecular weight is 379 g/mol. The highest BCUT2D eigenvalue weighted by atomic mass is 35.5. The van der Waals surface area contributed by atoms with Crippen LogP contribution in [0.5, 0.6) is 0 Å². The van der Waals surface area contributed by atoms with Gasteiger partial charge in [-0.05, 0) is 32.0 Å². The molecule has 1 aromatic carbocycles.